The molecule has 1 fully saturated rings. The number of para-hydroxylation sites is 1. The van der Waals surface area contributed by atoms with Gasteiger partial charge in [-0.05, 0) is 13.0 Å². The lowest BCUT2D eigenvalue weighted by Crippen LogP contribution is -2.47. The number of hydrogen-bond acceptors (Lipinski definition) is 4. The molecule has 1 aromatic carbocycles. The summed E-state index contributed by atoms with van der Waals surface area (Å²) in [5, 5.41) is 8.74. The van der Waals surface area contributed by atoms with E-state index in [1.807, 2.05) is 18.2 Å². The Morgan fingerprint density at radius 3 is 2.50 bits per heavy atom. The van der Waals surface area contributed by atoms with Crippen molar-refractivity contribution in [2.75, 3.05) is 39.8 Å². The quantitative estimate of drug-likeness (QED) is 0.868. The Bertz CT molecular complexity index is 476. The normalized spacial score (nSPS) is 17.5. The Morgan fingerprint density at radius 1 is 1.27 bits per heavy atom. The summed E-state index contributed by atoms with van der Waals surface area (Å²) in [5.74, 6) is 0.207. The SMILES string of the molecule is COc1ccccc1C(C)N1CCN(CCC(=O)O)CC1.Cl. The van der Waals surface area contributed by atoms with Gasteiger partial charge in [-0.15, -0.1) is 12.4 Å². The van der Waals surface area contributed by atoms with Gasteiger partial charge in [-0.2, -0.15) is 0 Å². The first-order valence-electron chi connectivity index (χ1n) is 7.43. The van der Waals surface area contributed by atoms with Crippen molar-refractivity contribution in [2.45, 2.75) is 19.4 Å². The molecule has 1 aliphatic rings. The summed E-state index contributed by atoms with van der Waals surface area (Å²) in [4.78, 5) is 15.3. The van der Waals surface area contributed by atoms with Gasteiger partial charge >= 0.3 is 5.97 Å². The summed E-state index contributed by atoms with van der Waals surface area (Å²) in [6, 6.07) is 8.44. The van der Waals surface area contributed by atoms with Gasteiger partial charge in [0.1, 0.15) is 5.75 Å². The van der Waals surface area contributed by atoms with Crippen LogP contribution in [0.5, 0.6) is 5.75 Å². The zero-order chi connectivity index (χ0) is 15.2. The second-order valence-corrected chi connectivity index (χ2v) is 5.44. The highest BCUT2D eigenvalue weighted by molar-refractivity contribution is 5.85. The van der Waals surface area contributed by atoms with Crippen molar-refractivity contribution in [1.29, 1.82) is 0 Å². The number of aliphatic carboxylic acids is 1. The van der Waals surface area contributed by atoms with E-state index < -0.39 is 5.97 Å². The van der Waals surface area contributed by atoms with Crippen molar-refractivity contribution in [3.8, 4) is 5.75 Å². The fraction of sp³-hybridized carbons (Fsp3) is 0.562. The predicted molar refractivity (Wildman–Crippen MR) is 88.9 cm³/mol. The lowest BCUT2D eigenvalue weighted by Gasteiger charge is -2.38. The van der Waals surface area contributed by atoms with Crippen LogP contribution >= 0.6 is 12.4 Å². The van der Waals surface area contributed by atoms with Gasteiger partial charge < -0.3 is 14.7 Å². The summed E-state index contributed by atoms with van der Waals surface area (Å²) >= 11 is 0. The lowest BCUT2D eigenvalue weighted by atomic mass is 10.0. The van der Waals surface area contributed by atoms with Crippen LogP contribution in [0.4, 0.5) is 0 Å². The molecule has 6 heteroatoms. The van der Waals surface area contributed by atoms with Crippen LogP contribution in [0, 0.1) is 0 Å². The van der Waals surface area contributed by atoms with Gasteiger partial charge in [0.25, 0.3) is 0 Å². The number of carboxylic acid groups (broad SMARTS) is 1. The number of methoxy groups -OCH3 is 1. The Kier molecular flexibility index (Phi) is 7.65. The number of piperazine rings is 1. The van der Waals surface area contributed by atoms with Crippen LogP contribution in [0.1, 0.15) is 24.9 Å². The van der Waals surface area contributed by atoms with E-state index in [4.69, 9.17) is 9.84 Å². The average molecular weight is 329 g/mol. The number of rotatable bonds is 6. The van der Waals surface area contributed by atoms with Gasteiger partial charge in [0.05, 0.1) is 13.5 Å². The molecule has 124 valence electrons. The van der Waals surface area contributed by atoms with Crippen molar-refractivity contribution in [3.05, 3.63) is 29.8 Å². The van der Waals surface area contributed by atoms with Crippen molar-refractivity contribution in [2.24, 2.45) is 0 Å². The maximum absolute atomic E-state index is 10.6. The number of carboxylic acids is 1. The number of benzene rings is 1. The van der Waals surface area contributed by atoms with E-state index >= 15 is 0 Å². The average Bonchev–Trinajstić information content (AvgIpc) is 2.52. The second-order valence-electron chi connectivity index (χ2n) is 5.44. The van der Waals surface area contributed by atoms with Crippen molar-refractivity contribution >= 4 is 18.4 Å². The number of ether oxygens (including phenoxy) is 1. The first kappa shape index (κ1) is 18.7. The summed E-state index contributed by atoms with van der Waals surface area (Å²) in [6.07, 6.45) is 0.224. The zero-order valence-corrected chi connectivity index (χ0v) is 14.0. The number of halogens is 1. The number of nitrogens with zero attached hydrogens (tertiary/aromatic N) is 2. The summed E-state index contributed by atoms with van der Waals surface area (Å²) in [7, 11) is 1.70. The van der Waals surface area contributed by atoms with E-state index in [9.17, 15) is 4.79 Å². The van der Waals surface area contributed by atoms with Crippen LogP contribution in [0.2, 0.25) is 0 Å². The van der Waals surface area contributed by atoms with E-state index in [-0.39, 0.29) is 18.8 Å². The molecule has 1 atom stereocenters. The van der Waals surface area contributed by atoms with E-state index in [1.54, 1.807) is 7.11 Å². The Hall–Kier alpha value is -1.30. The third-order valence-corrected chi connectivity index (χ3v) is 4.19. The van der Waals surface area contributed by atoms with E-state index in [2.05, 4.69) is 22.8 Å². The minimum absolute atomic E-state index is 0. The van der Waals surface area contributed by atoms with Gasteiger partial charge in [0.2, 0.25) is 0 Å². The molecule has 5 nitrogen and oxygen atoms in total. The molecule has 1 aromatic rings. The molecule has 1 aliphatic heterocycles. The van der Waals surface area contributed by atoms with E-state index in [0.717, 1.165) is 31.9 Å². The number of hydrogen-bond donors (Lipinski definition) is 1. The van der Waals surface area contributed by atoms with Crippen LogP contribution in [-0.4, -0.2) is 60.7 Å². The van der Waals surface area contributed by atoms with Gasteiger partial charge in [-0.1, -0.05) is 18.2 Å². The van der Waals surface area contributed by atoms with Crippen LogP contribution in [0.3, 0.4) is 0 Å². The largest absolute Gasteiger partial charge is 0.496 e. The summed E-state index contributed by atoms with van der Waals surface area (Å²) in [5.41, 5.74) is 1.21. The predicted octanol–water partition coefficient (Wildman–Crippen LogP) is 2.27. The highest BCUT2D eigenvalue weighted by Gasteiger charge is 2.23. The zero-order valence-electron chi connectivity index (χ0n) is 13.2. The van der Waals surface area contributed by atoms with Crippen LogP contribution < -0.4 is 4.74 Å². The smallest absolute Gasteiger partial charge is 0.304 e. The molecule has 22 heavy (non-hydrogen) atoms. The highest BCUT2D eigenvalue weighted by Crippen LogP contribution is 2.29. The molecular formula is C16H25ClN2O3. The fourth-order valence-electron chi connectivity index (χ4n) is 2.84. The summed E-state index contributed by atoms with van der Waals surface area (Å²) in [6.45, 7) is 6.61. The molecule has 0 aliphatic carbocycles. The van der Waals surface area contributed by atoms with E-state index in [0.29, 0.717) is 12.6 Å². The van der Waals surface area contributed by atoms with Crippen molar-refractivity contribution in [1.82, 2.24) is 9.80 Å². The van der Waals surface area contributed by atoms with Crippen LogP contribution in [-0.2, 0) is 4.79 Å². The minimum Gasteiger partial charge on any atom is -0.496 e. The first-order valence-corrected chi connectivity index (χ1v) is 7.43. The molecule has 0 amide bonds. The topological polar surface area (TPSA) is 53.0 Å². The van der Waals surface area contributed by atoms with Crippen molar-refractivity contribution < 1.29 is 14.6 Å². The van der Waals surface area contributed by atoms with Crippen LogP contribution in [0.15, 0.2) is 24.3 Å². The molecule has 1 heterocycles. The monoisotopic (exact) mass is 328 g/mol. The van der Waals surface area contributed by atoms with Crippen LogP contribution in [0.25, 0.3) is 0 Å². The third kappa shape index (κ3) is 4.87. The molecule has 1 N–H and O–H groups in total. The molecular weight excluding hydrogens is 304 g/mol. The van der Waals surface area contributed by atoms with Gasteiger partial charge in [-0.25, -0.2) is 0 Å². The second kappa shape index (κ2) is 8.98. The molecule has 0 aromatic heterocycles. The molecule has 0 spiro atoms. The van der Waals surface area contributed by atoms with Crippen molar-refractivity contribution in [3.63, 3.8) is 0 Å². The standard InChI is InChI=1S/C16H24N2O3.ClH/c1-13(14-5-3-4-6-15(14)21-2)18-11-9-17(10-12-18)8-7-16(19)20;/h3-6,13H,7-12H2,1-2H3,(H,19,20);1H. The first-order chi connectivity index (χ1) is 10.1. The molecule has 0 bridgehead atoms. The molecule has 0 radical (unpaired) electrons. The Labute approximate surface area is 138 Å². The molecule has 1 saturated heterocycles. The van der Waals surface area contributed by atoms with Gasteiger partial charge in [-0.3, -0.25) is 9.69 Å². The molecule has 2 rings (SSSR count). The Morgan fingerprint density at radius 2 is 1.91 bits per heavy atom. The number of carbonyl (C=O) groups is 1. The lowest BCUT2D eigenvalue weighted by molar-refractivity contribution is -0.137. The third-order valence-electron chi connectivity index (χ3n) is 4.19. The van der Waals surface area contributed by atoms with Gasteiger partial charge in [0, 0.05) is 44.3 Å². The van der Waals surface area contributed by atoms with Gasteiger partial charge in [0.15, 0.2) is 0 Å². The fourth-order valence-corrected chi connectivity index (χ4v) is 2.84. The molecule has 0 saturated carbocycles. The maximum Gasteiger partial charge on any atom is 0.304 e. The Balaban J connectivity index is 0.00000242. The highest BCUT2D eigenvalue weighted by atomic mass is 35.5. The maximum atomic E-state index is 10.6. The van der Waals surface area contributed by atoms with E-state index in [1.165, 1.54) is 5.56 Å². The minimum atomic E-state index is -0.722. The summed E-state index contributed by atoms with van der Waals surface area (Å²) < 4.78 is 5.44. The molecule has 1 unspecified atom stereocenters.